The number of rotatable bonds is 7. The van der Waals surface area contributed by atoms with Gasteiger partial charge in [-0.05, 0) is 54.1 Å². The molecule has 0 aromatic heterocycles. The molecule has 3 rings (SSSR count). The van der Waals surface area contributed by atoms with Gasteiger partial charge in [-0.3, -0.25) is 5.43 Å². The van der Waals surface area contributed by atoms with Gasteiger partial charge in [0.2, 0.25) is 0 Å². The first-order valence-corrected chi connectivity index (χ1v) is 9.41. The Morgan fingerprint density at radius 3 is 2.56 bits per heavy atom. The second kappa shape index (κ2) is 9.44. The molecule has 138 valence electrons. The third-order valence-electron chi connectivity index (χ3n) is 3.76. The molecule has 0 atom stereocenters. The van der Waals surface area contributed by atoms with Gasteiger partial charge in [-0.25, -0.2) is 0 Å². The van der Waals surface area contributed by atoms with Gasteiger partial charge in [-0.2, -0.15) is 5.10 Å². The van der Waals surface area contributed by atoms with Crippen molar-refractivity contribution in [1.29, 1.82) is 0 Å². The number of hydrogen-bond acceptors (Lipinski definition) is 4. The number of anilines is 1. The Balaban J connectivity index is 1.71. The van der Waals surface area contributed by atoms with Crippen molar-refractivity contribution in [3.8, 4) is 11.5 Å². The lowest BCUT2D eigenvalue weighted by Gasteiger charge is -2.12. The summed E-state index contributed by atoms with van der Waals surface area (Å²) in [6, 6.07) is 21.1. The van der Waals surface area contributed by atoms with Crippen molar-refractivity contribution >= 4 is 39.4 Å². The molecule has 0 aliphatic carbocycles. The molecule has 0 amide bonds. The molecule has 0 unspecified atom stereocenters. The highest BCUT2D eigenvalue weighted by atomic mass is 79.9. The van der Waals surface area contributed by atoms with E-state index >= 15 is 0 Å². The maximum absolute atomic E-state index is 6.21. The molecular formula is C21H18BrClN2O2. The highest BCUT2D eigenvalue weighted by Crippen LogP contribution is 2.29. The lowest BCUT2D eigenvalue weighted by molar-refractivity contribution is 0.297. The summed E-state index contributed by atoms with van der Waals surface area (Å²) < 4.78 is 12.2. The van der Waals surface area contributed by atoms with E-state index in [-0.39, 0.29) is 0 Å². The first-order chi connectivity index (χ1) is 13.2. The van der Waals surface area contributed by atoms with Gasteiger partial charge < -0.3 is 9.47 Å². The molecule has 6 heteroatoms. The van der Waals surface area contributed by atoms with Crippen LogP contribution in [0.4, 0.5) is 5.69 Å². The van der Waals surface area contributed by atoms with Crippen molar-refractivity contribution in [2.45, 2.75) is 6.61 Å². The van der Waals surface area contributed by atoms with Crippen LogP contribution in [0.3, 0.4) is 0 Å². The van der Waals surface area contributed by atoms with Crippen LogP contribution >= 0.6 is 27.5 Å². The van der Waals surface area contributed by atoms with Gasteiger partial charge in [0.25, 0.3) is 0 Å². The summed E-state index contributed by atoms with van der Waals surface area (Å²) in [5.74, 6) is 1.36. The second-order valence-electron chi connectivity index (χ2n) is 5.67. The molecule has 0 bridgehead atoms. The topological polar surface area (TPSA) is 42.8 Å². The van der Waals surface area contributed by atoms with Gasteiger partial charge in [0, 0.05) is 10.0 Å². The fourth-order valence-corrected chi connectivity index (χ4v) is 3.16. The summed E-state index contributed by atoms with van der Waals surface area (Å²) in [5.41, 5.74) is 5.76. The monoisotopic (exact) mass is 444 g/mol. The van der Waals surface area contributed by atoms with Crippen LogP contribution in [0.15, 0.2) is 76.3 Å². The molecule has 0 heterocycles. The molecule has 27 heavy (non-hydrogen) atoms. The minimum atomic E-state index is 0.332. The summed E-state index contributed by atoms with van der Waals surface area (Å²) >= 11 is 9.60. The Morgan fingerprint density at radius 2 is 1.81 bits per heavy atom. The van der Waals surface area contributed by atoms with Crippen LogP contribution in [0.2, 0.25) is 5.02 Å². The van der Waals surface area contributed by atoms with E-state index in [0.29, 0.717) is 17.4 Å². The number of halogens is 2. The third-order valence-corrected chi connectivity index (χ3v) is 4.55. The maximum Gasteiger partial charge on any atom is 0.138 e. The van der Waals surface area contributed by atoms with Crippen molar-refractivity contribution in [2.75, 3.05) is 12.5 Å². The molecule has 0 spiro atoms. The fraction of sp³-hybridized carbons (Fsp3) is 0.0952. The number of nitrogens with zero attached hydrogens (tertiary/aromatic N) is 1. The van der Waals surface area contributed by atoms with Crippen LogP contribution in [0, 0.1) is 0 Å². The van der Waals surface area contributed by atoms with E-state index in [1.165, 1.54) is 0 Å². The van der Waals surface area contributed by atoms with Gasteiger partial charge in [-0.15, -0.1) is 0 Å². The highest BCUT2D eigenvalue weighted by Gasteiger charge is 2.07. The number of nitrogens with one attached hydrogen (secondary N) is 1. The summed E-state index contributed by atoms with van der Waals surface area (Å²) in [6.07, 6.45) is 1.75. The van der Waals surface area contributed by atoms with Gasteiger partial charge in [-0.1, -0.05) is 45.7 Å². The Labute approximate surface area is 171 Å². The van der Waals surface area contributed by atoms with E-state index < -0.39 is 0 Å². The van der Waals surface area contributed by atoms with E-state index in [1.54, 1.807) is 19.4 Å². The van der Waals surface area contributed by atoms with E-state index in [1.807, 2.05) is 60.7 Å². The normalized spacial score (nSPS) is 10.8. The zero-order valence-electron chi connectivity index (χ0n) is 14.7. The Bertz CT molecular complexity index is 933. The molecule has 0 saturated heterocycles. The smallest absolute Gasteiger partial charge is 0.138 e. The summed E-state index contributed by atoms with van der Waals surface area (Å²) in [7, 11) is 1.64. The van der Waals surface area contributed by atoms with Crippen LogP contribution in [0.25, 0.3) is 0 Å². The number of benzene rings is 3. The number of methoxy groups -OCH3 is 1. The van der Waals surface area contributed by atoms with Crippen LogP contribution in [0.5, 0.6) is 11.5 Å². The molecule has 3 aromatic rings. The molecule has 3 aromatic carbocycles. The Morgan fingerprint density at radius 1 is 1.04 bits per heavy atom. The predicted molar refractivity (Wildman–Crippen MR) is 114 cm³/mol. The Hall–Kier alpha value is -2.50. The molecule has 0 aliphatic heterocycles. The molecule has 0 radical (unpaired) electrons. The number of hydrazone groups is 1. The maximum atomic E-state index is 6.21. The zero-order valence-corrected chi connectivity index (χ0v) is 17.0. The number of para-hydroxylation sites is 1. The first-order valence-electron chi connectivity index (χ1n) is 8.24. The van der Waals surface area contributed by atoms with Crippen LogP contribution < -0.4 is 14.9 Å². The minimum Gasteiger partial charge on any atom is -0.496 e. The van der Waals surface area contributed by atoms with Crippen LogP contribution in [-0.2, 0) is 6.61 Å². The van der Waals surface area contributed by atoms with Gasteiger partial charge in [0.15, 0.2) is 0 Å². The van der Waals surface area contributed by atoms with E-state index in [2.05, 4.69) is 26.5 Å². The minimum absolute atomic E-state index is 0.332. The van der Waals surface area contributed by atoms with Gasteiger partial charge >= 0.3 is 0 Å². The van der Waals surface area contributed by atoms with E-state index in [0.717, 1.165) is 27.0 Å². The molecule has 4 nitrogen and oxygen atoms in total. The molecule has 1 N–H and O–H groups in total. The number of ether oxygens (including phenoxy) is 2. The molecule has 0 aliphatic rings. The highest BCUT2D eigenvalue weighted by molar-refractivity contribution is 9.10. The van der Waals surface area contributed by atoms with Crippen LogP contribution in [0.1, 0.15) is 11.1 Å². The van der Waals surface area contributed by atoms with Gasteiger partial charge in [0.1, 0.15) is 18.1 Å². The largest absolute Gasteiger partial charge is 0.496 e. The third kappa shape index (κ3) is 5.49. The first kappa shape index (κ1) is 19.3. The van der Waals surface area contributed by atoms with Crippen molar-refractivity contribution < 1.29 is 9.47 Å². The second-order valence-corrected chi connectivity index (χ2v) is 6.99. The van der Waals surface area contributed by atoms with Gasteiger partial charge in [0.05, 0.1) is 24.0 Å². The zero-order chi connectivity index (χ0) is 19.1. The SMILES string of the molecule is COc1ccc(C=NNc2ccccc2)cc1COc1ccc(Br)cc1Cl. The van der Waals surface area contributed by atoms with Crippen LogP contribution in [-0.4, -0.2) is 13.3 Å². The van der Waals surface area contributed by atoms with Crippen molar-refractivity contribution in [1.82, 2.24) is 0 Å². The van der Waals surface area contributed by atoms with E-state index in [9.17, 15) is 0 Å². The predicted octanol–water partition coefficient (Wildman–Crippen LogP) is 6.14. The summed E-state index contributed by atoms with van der Waals surface area (Å²) in [4.78, 5) is 0. The lowest BCUT2D eigenvalue weighted by Crippen LogP contribution is -2.01. The number of hydrogen-bond donors (Lipinski definition) is 1. The lowest BCUT2D eigenvalue weighted by atomic mass is 10.1. The summed E-state index contributed by atoms with van der Waals surface area (Å²) in [6.45, 7) is 0.332. The van der Waals surface area contributed by atoms with Crippen molar-refractivity contribution in [2.24, 2.45) is 5.10 Å². The molecule has 0 saturated carbocycles. The molecular weight excluding hydrogens is 428 g/mol. The summed E-state index contributed by atoms with van der Waals surface area (Å²) in [5, 5.41) is 4.82. The average molecular weight is 446 g/mol. The quantitative estimate of drug-likeness (QED) is 0.351. The van der Waals surface area contributed by atoms with E-state index in [4.69, 9.17) is 21.1 Å². The van der Waals surface area contributed by atoms with Crippen molar-refractivity contribution in [3.63, 3.8) is 0 Å². The average Bonchev–Trinajstić information content (AvgIpc) is 2.68. The standard InChI is InChI=1S/C21H18BrClN2O2/c1-26-20-9-7-15(13-24-25-18-5-3-2-4-6-18)11-16(20)14-27-21-10-8-17(22)12-19(21)23/h2-13,25H,14H2,1H3. The van der Waals surface area contributed by atoms with Crippen molar-refractivity contribution in [3.05, 3.63) is 87.4 Å². The fourth-order valence-electron chi connectivity index (χ4n) is 2.43. The molecule has 0 fully saturated rings. The Kier molecular flexibility index (Phi) is 6.74.